The topological polar surface area (TPSA) is 88.5 Å². The minimum Gasteiger partial charge on any atom is -0.481 e. The van der Waals surface area contributed by atoms with Gasteiger partial charge in [0.1, 0.15) is 5.78 Å². The molecule has 5 nitrogen and oxygen atoms in total. The van der Waals surface area contributed by atoms with Crippen LogP contribution in [0, 0.1) is 0 Å². The van der Waals surface area contributed by atoms with E-state index in [1.807, 2.05) is 0 Å². The molecule has 6 heteroatoms. The average molecular weight is 270 g/mol. The van der Waals surface area contributed by atoms with E-state index < -0.39 is 15.8 Å². The first-order chi connectivity index (χ1) is 8.31. The van der Waals surface area contributed by atoms with Gasteiger partial charge in [-0.15, -0.1) is 0 Å². The van der Waals surface area contributed by atoms with Crippen LogP contribution in [0.25, 0.3) is 0 Å². The number of hydrogen-bond acceptors (Lipinski definition) is 4. The lowest BCUT2D eigenvalue weighted by Crippen LogP contribution is -2.10. The van der Waals surface area contributed by atoms with Crippen LogP contribution in [0.2, 0.25) is 0 Å². The number of benzene rings is 1. The Morgan fingerprint density at radius 3 is 2.17 bits per heavy atom. The van der Waals surface area contributed by atoms with Crippen LogP contribution in [0.5, 0.6) is 0 Å². The molecule has 98 valence electrons. The number of hydrogen-bond donors (Lipinski definition) is 1. The van der Waals surface area contributed by atoms with E-state index in [1.165, 1.54) is 31.2 Å². The number of sulfone groups is 1. The second kappa shape index (κ2) is 5.77. The largest absolute Gasteiger partial charge is 0.481 e. The molecule has 1 N–H and O–H groups in total. The molecule has 18 heavy (non-hydrogen) atoms. The van der Waals surface area contributed by atoms with Gasteiger partial charge in [-0.25, -0.2) is 8.42 Å². The minimum atomic E-state index is -3.47. The summed E-state index contributed by atoms with van der Waals surface area (Å²) in [6.45, 7) is 1.34. The molecular weight excluding hydrogens is 256 g/mol. The molecule has 0 fully saturated rings. The molecular formula is C12H14O5S. The zero-order valence-corrected chi connectivity index (χ0v) is 10.7. The molecule has 0 aliphatic rings. The number of carbonyl (C=O) groups excluding carboxylic acids is 1. The number of ketones is 1. The maximum atomic E-state index is 11.8. The predicted molar refractivity (Wildman–Crippen MR) is 65.1 cm³/mol. The van der Waals surface area contributed by atoms with Crippen LogP contribution in [-0.2, 0) is 25.8 Å². The molecule has 0 aliphatic carbocycles. The monoisotopic (exact) mass is 270 g/mol. The maximum Gasteiger partial charge on any atom is 0.307 e. The second-order valence-corrected chi connectivity index (χ2v) is 6.09. The fourth-order valence-corrected chi connectivity index (χ4v) is 2.73. The first kappa shape index (κ1) is 14.4. The average Bonchev–Trinajstić information content (AvgIpc) is 2.26. The van der Waals surface area contributed by atoms with Crippen LogP contribution >= 0.6 is 0 Å². The third-order valence-corrected chi connectivity index (χ3v) is 4.09. The van der Waals surface area contributed by atoms with Crippen LogP contribution < -0.4 is 0 Å². The Bertz CT molecular complexity index is 542. The lowest BCUT2D eigenvalue weighted by atomic mass is 10.2. The maximum absolute atomic E-state index is 11.8. The summed E-state index contributed by atoms with van der Waals surface area (Å²) in [6.07, 6.45) is -0.160. The number of carboxylic acid groups (broad SMARTS) is 1. The summed E-state index contributed by atoms with van der Waals surface area (Å²) >= 11 is 0. The number of carbonyl (C=O) groups is 2. The molecule has 0 heterocycles. The highest BCUT2D eigenvalue weighted by Gasteiger charge is 2.15. The highest BCUT2D eigenvalue weighted by molar-refractivity contribution is 7.91. The Hall–Kier alpha value is -1.69. The van der Waals surface area contributed by atoms with Gasteiger partial charge in [-0.1, -0.05) is 12.1 Å². The van der Waals surface area contributed by atoms with Gasteiger partial charge in [0.05, 0.1) is 17.1 Å². The number of carboxylic acids is 1. The molecule has 0 aliphatic heterocycles. The summed E-state index contributed by atoms with van der Waals surface area (Å²) in [5, 5.41) is 8.59. The van der Waals surface area contributed by atoms with Crippen molar-refractivity contribution >= 4 is 21.6 Å². The molecule has 0 unspecified atom stereocenters. The van der Waals surface area contributed by atoms with Gasteiger partial charge in [0.25, 0.3) is 0 Å². The van der Waals surface area contributed by atoms with Crippen molar-refractivity contribution in [3.05, 3.63) is 29.8 Å². The number of aliphatic carboxylic acids is 1. The van der Waals surface area contributed by atoms with Gasteiger partial charge in [0, 0.05) is 6.42 Å². The molecule has 0 spiro atoms. The molecule has 1 aromatic rings. The standard InChI is InChI=1S/C12H14O5S/c1-9(13)6-7-18(16,17)11-4-2-10(3-5-11)8-12(14)15/h2-5H,6-8H2,1H3,(H,14,15). The van der Waals surface area contributed by atoms with Crippen molar-refractivity contribution in [2.75, 3.05) is 5.75 Å². The summed E-state index contributed by atoms with van der Waals surface area (Å²) in [7, 11) is -3.47. The van der Waals surface area contributed by atoms with Crippen LogP contribution in [0.15, 0.2) is 29.2 Å². The molecule has 1 aromatic carbocycles. The first-order valence-corrected chi connectivity index (χ1v) is 6.99. The lowest BCUT2D eigenvalue weighted by molar-refractivity contribution is -0.136. The molecule has 0 radical (unpaired) electrons. The van der Waals surface area contributed by atoms with E-state index >= 15 is 0 Å². The zero-order valence-electron chi connectivity index (χ0n) is 9.92. The van der Waals surface area contributed by atoms with Gasteiger partial charge in [-0.2, -0.15) is 0 Å². The van der Waals surface area contributed by atoms with Gasteiger partial charge < -0.3 is 5.11 Å². The predicted octanol–water partition coefficient (Wildman–Crippen LogP) is 1.07. The summed E-state index contributed by atoms with van der Waals surface area (Å²) in [5.41, 5.74) is 0.535. The van der Waals surface area contributed by atoms with Crippen molar-refractivity contribution < 1.29 is 23.1 Å². The molecule has 1 rings (SSSR count). The molecule has 0 saturated heterocycles. The third kappa shape index (κ3) is 4.29. The fraction of sp³-hybridized carbons (Fsp3) is 0.333. The normalized spacial score (nSPS) is 11.2. The second-order valence-electron chi connectivity index (χ2n) is 3.99. The van der Waals surface area contributed by atoms with Crippen molar-refractivity contribution in [3.63, 3.8) is 0 Å². The first-order valence-electron chi connectivity index (χ1n) is 5.34. The van der Waals surface area contributed by atoms with E-state index in [1.54, 1.807) is 0 Å². The van der Waals surface area contributed by atoms with Crippen molar-refractivity contribution in [1.82, 2.24) is 0 Å². The number of rotatable bonds is 6. The van der Waals surface area contributed by atoms with Crippen LogP contribution in [0.1, 0.15) is 18.9 Å². The molecule has 0 atom stereocenters. The quantitative estimate of drug-likeness (QED) is 0.835. The van der Waals surface area contributed by atoms with Gasteiger partial charge in [-0.3, -0.25) is 9.59 Å². The van der Waals surface area contributed by atoms with E-state index in [-0.39, 0.29) is 29.3 Å². The van der Waals surface area contributed by atoms with Crippen LogP contribution in [0.4, 0.5) is 0 Å². The zero-order chi connectivity index (χ0) is 13.8. The van der Waals surface area contributed by atoms with E-state index in [0.29, 0.717) is 5.56 Å². The Morgan fingerprint density at radius 2 is 1.72 bits per heavy atom. The smallest absolute Gasteiger partial charge is 0.307 e. The van der Waals surface area contributed by atoms with Crippen LogP contribution in [-0.4, -0.2) is 31.0 Å². The molecule has 0 amide bonds. The third-order valence-electron chi connectivity index (χ3n) is 2.36. The van der Waals surface area contributed by atoms with Crippen molar-refractivity contribution in [3.8, 4) is 0 Å². The van der Waals surface area contributed by atoms with Gasteiger partial charge in [0.2, 0.25) is 0 Å². The van der Waals surface area contributed by atoms with Gasteiger partial charge >= 0.3 is 5.97 Å². The summed E-state index contributed by atoms with van der Waals surface area (Å²) in [5.74, 6) is -1.37. The van der Waals surface area contributed by atoms with Crippen molar-refractivity contribution in [1.29, 1.82) is 0 Å². The highest BCUT2D eigenvalue weighted by atomic mass is 32.2. The van der Waals surface area contributed by atoms with Gasteiger partial charge in [0.15, 0.2) is 9.84 Å². The van der Waals surface area contributed by atoms with E-state index in [4.69, 9.17) is 5.11 Å². The Balaban J connectivity index is 2.84. The van der Waals surface area contributed by atoms with Gasteiger partial charge in [-0.05, 0) is 24.6 Å². The Labute approximate surface area is 105 Å². The highest BCUT2D eigenvalue weighted by Crippen LogP contribution is 2.14. The van der Waals surface area contributed by atoms with E-state index in [2.05, 4.69) is 0 Å². The van der Waals surface area contributed by atoms with Crippen molar-refractivity contribution in [2.45, 2.75) is 24.7 Å². The fourth-order valence-electron chi connectivity index (χ4n) is 1.39. The Kier molecular flexibility index (Phi) is 4.61. The minimum absolute atomic E-state index is 0.0147. The molecule has 0 saturated carbocycles. The number of Topliss-reactive ketones (excluding diaryl/α,β-unsaturated/α-hetero) is 1. The summed E-state index contributed by atoms with van der Waals surface area (Å²) in [6, 6.07) is 5.67. The SMILES string of the molecule is CC(=O)CCS(=O)(=O)c1ccc(CC(=O)O)cc1. The van der Waals surface area contributed by atoms with Crippen molar-refractivity contribution in [2.24, 2.45) is 0 Å². The van der Waals surface area contributed by atoms with E-state index in [0.717, 1.165) is 0 Å². The van der Waals surface area contributed by atoms with Crippen LogP contribution in [0.3, 0.4) is 0 Å². The Morgan fingerprint density at radius 1 is 1.17 bits per heavy atom. The summed E-state index contributed by atoms with van der Waals surface area (Å²) in [4.78, 5) is 21.3. The molecule has 0 bridgehead atoms. The molecule has 0 aromatic heterocycles. The lowest BCUT2D eigenvalue weighted by Gasteiger charge is -2.04. The summed E-state index contributed by atoms with van der Waals surface area (Å²) < 4.78 is 23.6. The van der Waals surface area contributed by atoms with E-state index in [9.17, 15) is 18.0 Å².